The summed E-state index contributed by atoms with van der Waals surface area (Å²) in [7, 11) is 1.63. The topological polar surface area (TPSA) is 61.9 Å². The van der Waals surface area contributed by atoms with Gasteiger partial charge in [0.2, 0.25) is 5.91 Å². The summed E-state index contributed by atoms with van der Waals surface area (Å²) in [5.74, 6) is 0.665. The van der Waals surface area contributed by atoms with Crippen molar-refractivity contribution in [2.45, 2.75) is 6.42 Å². The number of nitrogens with zero attached hydrogens (tertiary/aromatic N) is 2. The van der Waals surface area contributed by atoms with Gasteiger partial charge in [0.15, 0.2) is 0 Å². The van der Waals surface area contributed by atoms with Gasteiger partial charge in [-0.1, -0.05) is 36.4 Å². The van der Waals surface area contributed by atoms with E-state index in [9.17, 15) is 9.59 Å². The molecule has 0 spiro atoms. The number of para-hydroxylation sites is 2. The Morgan fingerprint density at radius 1 is 1.08 bits per heavy atom. The Kier molecular flexibility index (Phi) is 5.73. The predicted octanol–water partition coefficient (Wildman–Crippen LogP) is 2.30. The number of nitrogens with one attached hydrogen (secondary N) is 1. The Hall–Kier alpha value is -3.02. The minimum atomic E-state index is -0.150. The smallest absolute Gasteiger partial charge is 0.325 e. The van der Waals surface area contributed by atoms with Gasteiger partial charge in [0.25, 0.3) is 0 Å². The van der Waals surface area contributed by atoms with E-state index in [1.165, 1.54) is 0 Å². The number of amides is 3. The molecule has 1 fully saturated rings. The second-order valence-corrected chi connectivity index (χ2v) is 6.10. The van der Waals surface area contributed by atoms with Gasteiger partial charge in [0, 0.05) is 25.3 Å². The van der Waals surface area contributed by atoms with Crippen molar-refractivity contribution in [3.63, 3.8) is 0 Å². The molecule has 136 valence electrons. The van der Waals surface area contributed by atoms with E-state index in [0.29, 0.717) is 26.1 Å². The molecule has 6 nitrogen and oxygen atoms in total. The van der Waals surface area contributed by atoms with Crippen molar-refractivity contribution < 1.29 is 14.3 Å². The summed E-state index contributed by atoms with van der Waals surface area (Å²) in [6.45, 7) is 1.72. The molecular formula is C20H23N3O3. The fourth-order valence-electron chi connectivity index (χ4n) is 3.05. The van der Waals surface area contributed by atoms with Crippen molar-refractivity contribution in [2.24, 2.45) is 0 Å². The molecule has 1 aliphatic rings. The molecule has 3 rings (SSSR count). The number of hydrogen-bond acceptors (Lipinski definition) is 3. The number of urea groups is 1. The van der Waals surface area contributed by atoms with Gasteiger partial charge in [-0.2, -0.15) is 0 Å². The highest BCUT2D eigenvalue weighted by Crippen LogP contribution is 2.19. The van der Waals surface area contributed by atoms with E-state index in [2.05, 4.69) is 5.32 Å². The second kappa shape index (κ2) is 8.38. The van der Waals surface area contributed by atoms with Gasteiger partial charge in [0.1, 0.15) is 12.3 Å². The van der Waals surface area contributed by atoms with Gasteiger partial charge in [0.05, 0.1) is 7.11 Å². The number of rotatable bonds is 7. The fraction of sp³-hybridized carbons (Fsp3) is 0.300. The molecule has 0 aromatic heterocycles. The Morgan fingerprint density at radius 3 is 2.58 bits per heavy atom. The molecule has 1 aliphatic heterocycles. The number of anilines is 1. The van der Waals surface area contributed by atoms with Crippen molar-refractivity contribution in [2.75, 3.05) is 38.2 Å². The molecule has 0 bridgehead atoms. The van der Waals surface area contributed by atoms with Crippen LogP contribution in [0, 0.1) is 0 Å². The summed E-state index contributed by atoms with van der Waals surface area (Å²) in [4.78, 5) is 27.9. The predicted molar refractivity (Wildman–Crippen MR) is 100 cm³/mol. The first kappa shape index (κ1) is 17.8. The highest BCUT2D eigenvalue weighted by molar-refractivity contribution is 5.96. The highest BCUT2D eigenvalue weighted by atomic mass is 16.5. The van der Waals surface area contributed by atoms with Crippen molar-refractivity contribution in [3.05, 3.63) is 60.2 Å². The van der Waals surface area contributed by atoms with Crippen molar-refractivity contribution in [3.8, 4) is 5.75 Å². The van der Waals surface area contributed by atoms with E-state index < -0.39 is 0 Å². The van der Waals surface area contributed by atoms with Gasteiger partial charge in [-0.25, -0.2) is 4.79 Å². The van der Waals surface area contributed by atoms with Crippen LogP contribution in [0.4, 0.5) is 10.5 Å². The van der Waals surface area contributed by atoms with Gasteiger partial charge in [-0.15, -0.1) is 0 Å². The average Bonchev–Trinajstić information content (AvgIpc) is 3.03. The Morgan fingerprint density at radius 2 is 1.81 bits per heavy atom. The lowest BCUT2D eigenvalue weighted by atomic mass is 10.1. The molecule has 0 aliphatic carbocycles. The third kappa shape index (κ3) is 4.14. The maximum Gasteiger partial charge on any atom is 0.325 e. The molecule has 0 unspecified atom stereocenters. The van der Waals surface area contributed by atoms with Gasteiger partial charge in [-0.3, -0.25) is 9.69 Å². The zero-order valence-corrected chi connectivity index (χ0v) is 14.9. The van der Waals surface area contributed by atoms with Gasteiger partial charge < -0.3 is 15.0 Å². The van der Waals surface area contributed by atoms with Crippen LogP contribution in [0.15, 0.2) is 54.6 Å². The van der Waals surface area contributed by atoms with Crippen LogP contribution in [-0.2, 0) is 11.2 Å². The maximum absolute atomic E-state index is 12.5. The minimum Gasteiger partial charge on any atom is -0.496 e. The third-order valence-electron chi connectivity index (χ3n) is 4.41. The SMILES string of the molecule is COc1ccccc1CCNC(=O)CN1CCN(c2ccccc2)C1=O. The number of carbonyl (C=O) groups excluding carboxylic acids is 2. The summed E-state index contributed by atoms with van der Waals surface area (Å²) in [5, 5.41) is 2.88. The fourth-order valence-corrected chi connectivity index (χ4v) is 3.05. The molecule has 26 heavy (non-hydrogen) atoms. The molecule has 0 atom stereocenters. The van der Waals surface area contributed by atoms with Crippen LogP contribution in [-0.4, -0.2) is 50.1 Å². The minimum absolute atomic E-state index is 0.0775. The molecule has 1 heterocycles. The van der Waals surface area contributed by atoms with Crippen LogP contribution in [0.25, 0.3) is 0 Å². The Labute approximate surface area is 153 Å². The Balaban J connectivity index is 1.47. The highest BCUT2D eigenvalue weighted by Gasteiger charge is 2.30. The van der Waals surface area contributed by atoms with Crippen molar-refractivity contribution in [1.82, 2.24) is 10.2 Å². The lowest BCUT2D eigenvalue weighted by molar-refractivity contribution is -0.121. The van der Waals surface area contributed by atoms with E-state index in [-0.39, 0.29) is 18.5 Å². The molecule has 0 saturated carbocycles. The third-order valence-corrected chi connectivity index (χ3v) is 4.41. The number of ether oxygens (including phenoxy) is 1. The molecule has 6 heteroatoms. The summed E-state index contributed by atoms with van der Waals surface area (Å²) in [6.07, 6.45) is 0.680. The number of carbonyl (C=O) groups is 2. The molecule has 1 N–H and O–H groups in total. The summed E-state index contributed by atoms with van der Waals surface area (Å²) < 4.78 is 5.31. The standard InChI is InChI=1S/C20H23N3O3/c1-26-18-10-6-5-7-16(18)11-12-21-19(24)15-22-13-14-23(20(22)25)17-8-3-2-4-9-17/h2-10H,11-15H2,1H3,(H,21,24). The van der Waals surface area contributed by atoms with E-state index in [1.54, 1.807) is 16.9 Å². The van der Waals surface area contributed by atoms with E-state index >= 15 is 0 Å². The van der Waals surface area contributed by atoms with Crippen LogP contribution < -0.4 is 15.0 Å². The normalized spacial score (nSPS) is 13.8. The zero-order valence-electron chi connectivity index (χ0n) is 14.9. The largest absolute Gasteiger partial charge is 0.496 e. The summed E-state index contributed by atoms with van der Waals surface area (Å²) in [6, 6.07) is 17.1. The van der Waals surface area contributed by atoms with Crippen LogP contribution >= 0.6 is 0 Å². The first-order valence-electron chi connectivity index (χ1n) is 8.69. The molecule has 1 saturated heterocycles. The summed E-state index contributed by atoms with van der Waals surface area (Å²) in [5.41, 5.74) is 1.90. The number of methoxy groups -OCH3 is 1. The lowest BCUT2D eigenvalue weighted by Gasteiger charge is -2.18. The maximum atomic E-state index is 12.5. The molecule has 3 amide bonds. The van der Waals surface area contributed by atoms with E-state index in [1.807, 2.05) is 54.6 Å². The van der Waals surface area contributed by atoms with Crippen LogP contribution in [0.1, 0.15) is 5.56 Å². The van der Waals surface area contributed by atoms with Crippen LogP contribution in [0.2, 0.25) is 0 Å². The monoisotopic (exact) mass is 353 g/mol. The van der Waals surface area contributed by atoms with Crippen LogP contribution in [0.5, 0.6) is 5.75 Å². The van der Waals surface area contributed by atoms with Crippen molar-refractivity contribution in [1.29, 1.82) is 0 Å². The molecular weight excluding hydrogens is 330 g/mol. The molecule has 0 radical (unpaired) electrons. The summed E-state index contributed by atoms with van der Waals surface area (Å²) >= 11 is 0. The van der Waals surface area contributed by atoms with E-state index in [0.717, 1.165) is 17.0 Å². The lowest BCUT2D eigenvalue weighted by Crippen LogP contribution is -2.40. The van der Waals surface area contributed by atoms with Crippen LogP contribution in [0.3, 0.4) is 0 Å². The van der Waals surface area contributed by atoms with Crippen molar-refractivity contribution >= 4 is 17.6 Å². The molecule has 2 aromatic carbocycles. The first-order chi connectivity index (χ1) is 12.7. The second-order valence-electron chi connectivity index (χ2n) is 6.10. The zero-order chi connectivity index (χ0) is 18.4. The molecule has 2 aromatic rings. The average molecular weight is 353 g/mol. The number of benzene rings is 2. The van der Waals surface area contributed by atoms with Gasteiger partial charge in [-0.05, 0) is 30.2 Å². The van der Waals surface area contributed by atoms with Gasteiger partial charge >= 0.3 is 6.03 Å². The quantitative estimate of drug-likeness (QED) is 0.831. The first-order valence-corrected chi connectivity index (χ1v) is 8.69. The number of hydrogen-bond donors (Lipinski definition) is 1. The Bertz CT molecular complexity index is 764. The van der Waals surface area contributed by atoms with E-state index in [4.69, 9.17) is 4.74 Å².